The summed E-state index contributed by atoms with van der Waals surface area (Å²) < 4.78 is 5.82. The average Bonchev–Trinajstić information content (AvgIpc) is 2.42. The van der Waals surface area contributed by atoms with Crippen LogP contribution in [-0.2, 0) is 0 Å². The smallest absolute Gasteiger partial charge is 0.150 e. The minimum atomic E-state index is 0.665. The number of benzene rings is 2. The van der Waals surface area contributed by atoms with Crippen LogP contribution in [0.15, 0.2) is 66.2 Å². The van der Waals surface area contributed by atoms with Crippen molar-refractivity contribution in [2.24, 2.45) is 0 Å². The number of halogens is 1. The first-order valence-corrected chi connectivity index (χ1v) is 6.15. The van der Waals surface area contributed by atoms with Crippen LogP contribution in [0, 0.1) is 0 Å². The van der Waals surface area contributed by atoms with E-state index in [1.165, 1.54) is 5.54 Å². The zero-order valence-corrected chi connectivity index (χ0v) is 10.6. The normalized spacial score (nSPS) is 10.5. The molecule has 2 rings (SSSR count). The summed E-state index contributed by atoms with van der Waals surface area (Å²) >= 11 is 5.49. The molecule has 0 spiro atoms. The molecule has 1 N–H and O–H groups in total. The number of nitrogens with one attached hydrogen (secondary N) is 1. The zero-order valence-electron chi connectivity index (χ0n) is 9.84. The van der Waals surface area contributed by atoms with E-state index >= 15 is 0 Å². The van der Waals surface area contributed by atoms with Gasteiger partial charge in [-0.2, -0.15) is 0 Å². The third-order valence-corrected chi connectivity index (χ3v) is 2.54. The predicted molar refractivity (Wildman–Crippen MR) is 76.4 cm³/mol. The van der Waals surface area contributed by atoms with Gasteiger partial charge in [0, 0.05) is 12.1 Å². The van der Waals surface area contributed by atoms with Gasteiger partial charge in [0.15, 0.2) is 5.75 Å². The van der Waals surface area contributed by atoms with Crippen molar-refractivity contribution in [3.05, 3.63) is 66.2 Å². The van der Waals surface area contributed by atoms with Crippen LogP contribution in [-0.4, -0.2) is 6.54 Å². The van der Waals surface area contributed by atoms with Crippen LogP contribution >= 0.6 is 11.6 Å². The highest BCUT2D eigenvalue weighted by Gasteiger charge is 2.02. The van der Waals surface area contributed by atoms with Crippen molar-refractivity contribution >= 4 is 17.3 Å². The highest BCUT2D eigenvalue weighted by Crippen LogP contribution is 2.28. The third-order valence-electron chi connectivity index (χ3n) is 2.36. The van der Waals surface area contributed by atoms with Crippen molar-refractivity contribution in [3.8, 4) is 11.5 Å². The number of hydrogen-bond donors (Lipinski definition) is 1. The van der Waals surface area contributed by atoms with Gasteiger partial charge < -0.3 is 10.1 Å². The minimum absolute atomic E-state index is 0.665. The van der Waals surface area contributed by atoms with Crippen LogP contribution in [0.3, 0.4) is 0 Å². The Morgan fingerprint density at radius 2 is 1.72 bits per heavy atom. The molecule has 0 saturated heterocycles. The molecule has 18 heavy (non-hydrogen) atoms. The van der Waals surface area contributed by atoms with Gasteiger partial charge in [-0.25, -0.2) is 0 Å². The summed E-state index contributed by atoms with van der Waals surface area (Å²) in [5, 5.41) is 3.24. The van der Waals surface area contributed by atoms with Gasteiger partial charge in [0.1, 0.15) is 5.75 Å². The SMILES string of the molecule is Cl/C=C/CNc1ccccc1Oc1ccccc1. The van der Waals surface area contributed by atoms with Crippen molar-refractivity contribution in [1.82, 2.24) is 0 Å². The molecule has 0 aliphatic carbocycles. The summed E-state index contributed by atoms with van der Waals surface area (Å²) in [6, 6.07) is 17.5. The molecule has 0 aromatic heterocycles. The Bertz CT molecular complexity index is 511. The molecule has 2 aromatic rings. The zero-order chi connectivity index (χ0) is 12.6. The van der Waals surface area contributed by atoms with Crippen molar-refractivity contribution in [3.63, 3.8) is 0 Å². The van der Waals surface area contributed by atoms with Gasteiger partial charge >= 0.3 is 0 Å². The summed E-state index contributed by atoms with van der Waals surface area (Å²) in [7, 11) is 0. The molecular formula is C15H14ClNO. The van der Waals surface area contributed by atoms with Crippen molar-refractivity contribution < 1.29 is 4.74 Å². The fraction of sp³-hybridized carbons (Fsp3) is 0.0667. The first-order valence-electron chi connectivity index (χ1n) is 5.71. The second kappa shape index (κ2) is 6.72. The number of para-hydroxylation sites is 3. The van der Waals surface area contributed by atoms with E-state index in [0.29, 0.717) is 6.54 Å². The van der Waals surface area contributed by atoms with Crippen LogP contribution < -0.4 is 10.1 Å². The number of anilines is 1. The molecule has 0 radical (unpaired) electrons. The maximum absolute atomic E-state index is 5.82. The van der Waals surface area contributed by atoms with E-state index in [-0.39, 0.29) is 0 Å². The summed E-state index contributed by atoms with van der Waals surface area (Å²) in [5.41, 5.74) is 2.43. The van der Waals surface area contributed by atoms with Crippen LogP contribution in [0.2, 0.25) is 0 Å². The molecule has 0 aliphatic heterocycles. The highest BCUT2D eigenvalue weighted by molar-refractivity contribution is 6.25. The maximum atomic E-state index is 5.82. The fourth-order valence-electron chi connectivity index (χ4n) is 1.53. The Balaban J connectivity index is 2.12. The van der Waals surface area contributed by atoms with E-state index in [1.807, 2.05) is 60.7 Å². The number of rotatable bonds is 5. The molecule has 3 heteroatoms. The summed E-state index contributed by atoms with van der Waals surface area (Å²) in [4.78, 5) is 0. The molecule has 0 unspecified atom stereocenters. The van der Waals surface area contributed by atoms with E-state index in [1.54, 1.807) is 0 Å². The molecule has 0 amide bonds. The third kappa shape index (κ3) is 3.54. The lowest BCUT2D eigenvalue weighted by molar-refractivity contribution is 0.484. The first-order chi connectivity index (χ1) is 8.90. The van der Waals surface area contributed by atoms with Crippen molar-refractivity contribution in [2.75, 3.05) is 11.9 Å². The van der Waals surface area contributed by atoms with Crippen LogP contribution in [0.4, 0.5) is 5.69 Å². The van der Waals surface area contributed by atoms with Gasteiger partial charge in [-0.05, 0) is 24.3 Å². The largest absolute Gasteiger partial charge is 0.455 e. The summed E-state index contributed by atoms with van der Waals surface area (Å²) in [6.07, 6.45) is 1.83. The van der Waals surface area contributed by atoms with Gasteiger partial charge in [0.2, 0.25) is 0 Å². The monoisotopic (exact) mass is 259 g/mol. The quantitative estimate of drug-likeness (QED) is 0.844. The molecule has 0 heterocycles. The molecule has 2 nitrogen and oxygen atoms in total. The van der Waals surface area contributed by atoms with Crippen molar-refractivity contribution in [2.45, 2.75) is 0 Å². The van der Waals surface area contributed by atoms with Gasteiger partial charge in [0.25, 0.3) is 0 Å². The molecule has 2 aromatic carbocycles. The Hall–Kier alpha value is -1.93. The Morgan fingerprint density at radius 1 is 1.00 bits per heavy atom. The highest BCUT2D eigenvalue weighted by atomic mass is 35.5. The maximum Gasteiger partial charge on any atom is 0.150 e. The van der Waals surface area contributed by atoms with Crippen molar-refractivity contribution in [1.29, 1.82) is 0 Å². The lowest BCUT2D eigenvalue weighted by Crippen LogP contribution is -1.99. The van der Waals surface area contributed by atoms with E-state index in [0.717, 1.165) is 17.2 Å². The van der Waals surface area contributed by atoms with Gasteiger partial charge in [0.05, 0.1) is 5.69 Å². The molecule has 0 bridgehead atoms. The van der Waals surface area contributed by atoms with Gasteiger partial charge in [-0.3, -0.25) is 0 Å². The number of hydrogen-bond acceptors (Lipinski definition) is 2. The molecule has 0 fully saturated rings. The Labute approximate surface area is 112 Å². The van der Waals surface area contributed by atoms with Crippen LogP contribution in [0.1, 0.15) is 0 Å². The van der Waals surface area contributed by atoms with E-state index in [9.17, 15) is 0 Å². The molecular weight excluding hydrogens is 246 g/mol. The standard InChI is InChI=1S/C15H14ClNO/c16-11-6-12-17-14-9-4-5-10-15(14)18-13-7-2-1-3-8-13/h1-11,17H,12H2/b11-6+. The lowest BCUT2D eigenvalue weighted by Gasteiger charge is -2.11. The topological polar surface area (TPSA) is 21.3 Å². The first kappa shape index (κ1) is 12.5. The molecule has 0 atom stereocenters. The molecule has 0 saturated carbocycles. The Kier molecular flexibility index (Phi) is 4.68. The van der Waals surface area contributed by atoms with E-state index < -0.39 is 0 Å². The minimum Gasteiger partial charge on any atom is -0.455 e. The fourth-order valence-corrected chi connectivity index (χ4v) is 1.62. The van der Waals surface area contributed by atoms with Crippen LogP contribution in [0.25, 0.3) is 0 Å². The van der Waals surface area contributed by atoms with E-state index in [2.05, 4.69) is 5.32 Å². The van der Waals surface area contributed by atoms with Crippen LogP contribution in [0.5, 0.6) is 11.5 Å². The lowest BCUT2D eigenvalue weighted by atomic mass is 10.3. The summed E-state index contributed by atoms with van der Waals surface area (Å²) in [6.45, 7) is 0.665. The Morgan fingerprint density at radius 3 is 2.50 bits per heavy atom. The van der Waals surface area contributed by atoms with Gasteiger partial charge in [-0.15, -0.1) is 0 Å². The average molecular weight is 260 g/mol. The second-order valence-electron chi connectivity index (χ2n) is 3.65. The summed E-state index contributed by atoms with van der Waals surface area (Å²) in [5.74, 6) is 1.62. The second-order valence-corrected chi connectivity index (χ2v) is 3.91. The van der Waals surface area contributed by atoms with Gasteiger partial charge in [-0.1, -0.05) is 48.0 Å². The van der Waals surface area contributed by atoms with E-state index in [4.69, 9.17) is 16.3 Å². The molecule has 0 aliphatic rings. The number of ether oxygens (including phenoxy) is 1. The molecule has 92 valence electrons. The predicted octanol–water partition coefficient (Wildman–Crippen LogP) is 4.64.